The van der Waals surface area contributed by atoms with Gasteiger partial charge in [0.15, 0.2) is 5.69 Å². The van der Waals surface area contributed by atoms with Crippen LogP contribution in [-0.2, 0) is 11.3 Å². The zero-order valence-corrected chi connectivity index (χ0v) is 16.8. The third-order valence-corrected chi connectivity index (χ3v) is 5.78. The van der Waals surface area contributed by atoms with Crippen LogP contribution in [0.3, 0.4) is 0 Å². The third-order valence-electron chi connectivity index (χ3n) is 5.78. The van der Waals surface area contributed by atoms with E-state index < -0.39 is 29.1 Å². The first-order valence-electron chi connectivity index (χ1n) is 9.76. The van der Waals surface area contributed by atoms with E-state index in [4.69, 9.17) is 11.3 Å². The molecular weight excluding hydrogens is 418 g/mol. The van der Waals surface area contributed by atoms with Crippen LogP contribution in [0.1, 0.15) is 27.8 Å². The molecule has 0 spiro atoms. The topological polar surface area (TPSA) is 82.5 Å². The molecule has 0 bridgehead atoms. The zero-order valence-electron chi connectivity index (χ0n) is 16.8. The predicted molar refractivity (Wildman–Crippen MR) is 114 cm³/mol. The lowest BCUT2D eigenvalue weighted by atomic mass is 9.95. The smallest absolute Gasteiger partial charge is 0.270 e. The Balaban J connectivity index is 1.60. The highest BCUT2D eigenvalue weighted by molar-refractivity contribution is 6.02. The van der Waals surface area contributed by atoms with Crippen molar-refractivity contribution < 1.29 is 18.3 Å². The molecular formula is C23H16F2N4O3. The molecule has 2 aromatic carbocycles. The third kappa shape index (κ3) is 3.04. The van der Waals surface area contributed by atoms with E-state index in [1.54, 1.807) is 7.05 Å². The van der Waals surface area contributed by atoms with Gasteiger partial charge in [0.25, 0.3) is 11.5 Å². The number of aromatic amines is 2. The number of nitrogens with one attached hydrogen (secondary N) is 2. The first kappa shape index (κ1) is 19.9. The van der Waals surface area contributed by atoms with Crippen molar-refractivity contribution in [3.05, 3.63) is 86.8 Å². The first-order valence-corrected chi connectivity index (χ1v) is 9.76. The molecule has 4 aromatic rings. The molecule has 3 heterocycles. The maximum absolute atomic E-state index is 13.8. The lowest BCUT2D eigenvalue weighted by Gasteiger charge is -2.33. The fourth-order valence-electron chi connectivity index (χ4n) is 4.25. The summed E-state index contributed by atoms with van der Waals surface area (Å²) in [4.78, 5) is 36.1. The number of carbonyl (C=O) groups is 1. The van der Waals surface area contributed by atoms with Gasteiger partial charge in [0.1, 0.15) is 17.3 Å². The number of fused-ring (bicyclic) bond motifs is 4. The average Bonchev–Trinajstić information content (AvgIpc) is 3.21. The van der Waals surface area contributed by atoms with Crippen LogP contribution in [0.4, 0.5) is 14.5 Å². The molecule has 0 fully saturated rings. The van der Waals surface area contributed by atoms with Gasteiger partial charge in [0, 0.05) is 29.2 Å². The summed E-state index contributed by atoms with van der Waals surface area (Å²) in [5, 5.41) is 1.19. The summed E-state index contributed by atoms with van der Waals surface area (Å²) in [5.41, 5.74) is 1.42. The molecule has 1 unspecified atom stereocenters. The Morgan fingerprint density at radius 2 is 1.94 bits per heavy atom. The Hall–Kier alpha value is -4.03. The highest BCUT2D eigenvalue weighted by Gasteiger charge is 2.31. The van der Waals surface area contributed by atoms with Crippen LogP contribution < -0.4 is 5.56 Å². The van der Waals surface area contributed by atoms with Gasteiger partial charge in [-0.3, -0.25) is 9.59 Å². The minimum atomic E-state index is -0.574. The Labute approximate surface area is 180 Å². The van der Waals surface area contributed by atoms with Crippen molar-refractivity contribution in [2.24, 2.45) is 0 Å². The van der Waals surface area contributed by atoms with Crippen LogP contribution in [0.25, 0.3) is 26.5 Å². The van der Waals surface area contributed by atoms with Crippen LogP contribution >= 0.6 is 0 Å². The van der Waals surface area contributed by atoms with Gasteiger partial charge >= 0.3 is 0 Å². The number of benzene rings is 2. The average molecular weight is 434 g/mol. The number of likely N-dealkylation sites (N-methyl/N-ethyl adjacent to an activating group) is 1. The molecule has 5 rings (SSSR count). The van der Waals surface area contributed by atoms with E-state index in [0.29, 0.717) is 27.5 Å². The van der Waals surface area contributed by atoms with Crippen LogP contribution in [0.2, 0.25) is 0 Å². The number of aromatic nitrogens is 2. The standard InChI is InChI=1S/C23H16F2N4O3/c1-26-16-6-12(25)7-17-15(16)8-18(27-17)23(31)29(2)20-10-32-9-19-21(20)13-4-3-11(24)5-14(13)22(30)28-19/h3-8,20,27H,9-10H2,2H3,(H,28,30). The minimum absolute atomic E-state index is 0.106. The number of rotatable bonds is 2. The number of pyridine rings is 1. The number of halogens is 2. The normalized spacial score (nSPS) is 15.5. The van der Waals surface area contributed by atoms with Gasteiger partial charge in [-0.25, -0.2) is 13.6 Å². The summed E-state index contributed by atoms with van der Waals surface area (Å²) < 4.78 is 33.2. The second-order valence-electron chi connectivity index (χ2n) is 7.66. The molecule has 1 atom stereocenters. The summed E-state index contributed by atoms with van der Waals surface area (Å²) in [5.74, 6) is -1.51. The van der Waals surface area contributed by atoms with Gasteiger partial charge in [-0.05, 0) is 35.7 Å². The van der Waals surface area contributed by atoms with Crippen LogP contribution in [0.5, 0.6) is 0 Å². The molecule has 1 amide bonds. The molecule has 1 aliphatic rings. The van der Waals surface area contributed by atoms with Crippen molar-refractivity contribution in [2.45, 2.75) is 12.6 Å². The van der Waals surface area contributed by atoms with Crippen LogP contribution in [0.15, 0.2) is 41.2 Å². The number of hydrogen-bond donors (Lipinski definition) is 2. The number of hydrogen-bond acceptors (Lipinski definition) is 3. The van der Waals surface area contributed by atoms with E-state index in [1.807, 2.05) is 0 Å². The van der Waals surface area contributed by atoms with Crippen molar-refractivity contribution >= 4 is 33.3 Å². The molecule has 0 saturated carbocycles. The molecule has 0 aliphatic carbocycles. The van der Waals surface area contributed by atoms with E-state index >= 15 is 0 Å². The van der Waals surface area contributed by atoms with Gasteiger partial charge < -0.3 is 19.6 Å². The fourth-order valence-corrected chi connectivity index (χ4v) is 4.25. The van der Waals surface area contributed by atoms with Gasteiger partial charge in [-0.2, -0.15) is 0 Å². The van der Waals surface area contributed by atoms with Gasteiger partial charge in [0.2, 0.25) is 0 Å². The quantitative estimate of drug-likeness (QED) is 0.465. The lowest BCUT2D eigenvalue weighted by Crippen LogP contribution is -2.37. The molecule has 0 radical (unpaired) electrons. The van der Waals surface area contributed by atoms with E-state index in [-0.39, 0.29) is 30.0 Å². The van der Waals surface area contributed by atoms with Gasteiger partial charge in [-0.15, -0.1) is 0 Å². The Morgan fingerprint density at radius 1 is 1.12 bits per heavy atom. The summed E-state index contributed by atoms with van der Waals surface area (Å²) in [6.45, 7) is 7.59. The summed E-state index contributed by atoms with van der Waals surface area (Å²) in [7, 11) is 1.59. The minimum Gasteiger partial charge on any atom is -0.373 e. The number of H-pyrrole nitrogens is 2. The van der Waals surface area contributed by atoms with Crippen molar-refractivity contribution in [1.29, 1.82) is 0 Å². The molecule has 160 valence electrons. The monoisotopic (exact) mass is 434 g/mol. The number of ether oxygens (including phenoxy) is 1. The Morgan fingerprint density at radius 3 is 2.72 bits per heavy atom. The maximum atomic E-state index is 13.8. The van der Waals surface area contributed by atoms with Crippen LogP contribution in [0, 0.1) is 18.2 Å². The van der Waals surface area contributed by atoms with E-state index in [1.165, 1.54) is 35.2 Å². The molecule has 7 nitrogen and oxygen atoms in total. The SMILES string of the molecule is [C-]#[N+]c1cc(F)cc2[nH]c(C(=O)N(C)C3COCc4[nH]c(=O)c5cc(F)ccc5c43)cc12. The predicted octanol–water partition coefficient (Wildman–Crippen LogP) is 4.18. The summed E-state index contributed by atoms with van der Waals surface area (Å²) in [6.07, 6.45) is 0. The lowest BCUT2D eigenvalue weighted by molar-refractivity contribution is 0.0333. The van der Waals surface area contributed by atoms with Gasteiger partial charge in [-0.1, -0.05) is 6.07 Å². The maximum Gasteiger partial charge on any atom is 0.270 e. The Kier molecular flexibility index (Phi) is 4.53. The highest BCUT2D eigenvalue weighted by atomic mass is 19.1. The van der Waals surface area contributed by atoms with Crippen LogP contribution in [-0.4, -0.2) is 34.4 Å². The van der Waals surface area contributed by atoms with Crippen molar-refractivity contribution in [2.75, 3.05) is 13.7 Å². The fraction of sp³-hybridized carbons (Fsp3) is 0.174. The molecule has 9 heteroatoms. The number of nitrogens with zero attached hydrogens (tertiary/aromatic N) is 2. The van der Waals surface area contributed by atoms with Crippen molar-refractivity contribution in [1.82, 2.24) is 14.9 Å². The zero-order chi connectivity index (χ0) is 22.6. The molecule has 1 aliphatic heterocycles. The molecule has 2 N–H and O–H groups in total. The molecule has 0 saturated heterocycles. The summed E-state index contributed by atoms with van der Waals surface area (Å²) in [6, 6.07) is 7.28. The number of carbonyl (C=O) groups excluding carboxylic acids is 1. The number of amides is 1. The van der Waals surface area contributed by atoms with Gasteiger partial charge in [0.05, 0.1) is 31.2 Å². The van der Waals surface area contributed by atoms with E-state index in [9.17, 15) is 18.4 Å². The second kappa shape index (κ2) is 7.28. The highest BCUT2D eigenvalue weighted by Crippen LogP contribution is 2.34. The molecule has 2 aromatic heterocycles. The largest absolute Gasteiger partial charge is 0.373 e. The second-order valence-corrected chi connectivity index (χ2v) is 7.66. The van der Waals surface area contributed by atoms with Crippen molar-refractivity contribution in [3.8, 4) is 0 Å². The first-order chi connectivity index (χ1) is 15.4. The van der Waals surface area contributed by atoms with Crippen molar-refractivity contribution in [3.63, 3.8) is 0 Å². The Bertz CT molecular complexity index is 1520. The van der Waals surface area contributed by atoms with E-state index in [0.717, 1.165) is 6.07 Å². The summed E-state index contributed by atoms with van der Waals surface area (Å²) >= 11 is 0. The van der Waals surface area contributed by atoms with E-state index in [2.05, 4.69) is 14.8 Å². The molecule has 32 heavy (non-hydrogen) atoms.